The Morgan fingerprint density at radius 3 is 2.31 bits per heavy atom. The molecule has 1 aliphatic rings. The lowest BCUT2D eigenvalue weighted by Gasteiger charge is -2.09. The molecule has 1 aliphatic carbocycles. The van der Waals surface area contributed by atoms with Gasteiger partial charge in [0.05, 0.1) is 11.0 Å². The van der Waals surface area contributed by atoms with Gasteiger partial charge in [-0.05, 0) is 36.6 Å². The summed E-state index contributed by atoms with van der Waals surface area (Å²) in [5, 5.41) is 9.50. The molecule has 1 saturated carbocycles. The van der Waals surface area contributed by atoms with Crippen molar-refractivity contribution in [1.82, 2.24) is 0 Å². The van der Waals surface area contributed by atoms with E-state index in [0.717, 1.165) is 0 Å². The zero-order valence-corrected chi connectivity index (χ0v) is 10.2. The quantitative estimate of drug-likeness (QED) is 0.815. The van der Waals surface area contributed by atoms with Gasteiger partial charge in [-0.25, -0.2) is 8.42 Å². The van der Waals surface area contributed by atoms with Crippen LogP contribution in [0.5, 0.6) is 0 Å². The summed E-state index contributed by atoms with van der Waals surface area (Å²) in [6.45, 7) is 1.77. The average Bonchev–Trinajstić information content (AvgIpc) is 2.92. The van der Waals surface area contributed by atoms with Crippen LogP contribution in [0.15, 0.2) is 29.2 Å². The Labute approximate surface area is 99.6 Å². The summed E-state index contributed by atoms with van der Waals surface area (Å²) in [5.41, 5.74) is 0. The Bertz CT molecular complexity index is 559. The van der Waals surface area contributed by atoms with Gasteiger partial charge in [0, 0.05) is 5.02 Å². The van der Waals surface area contributed by atoms with Crippen LogP contribution < -0.4 is 0 Å². The number of hydrogen-bond donors (Lipinski definition) is 0. The number of nitrogens with zero attached hydrogens (tertiary/aromatic N) is 1. The van der Waals surface area contributed by atoms with Crippen molar-refractivity contribution in [1.29, 1.82) is 5.26 Å². The smallest absolute Gasteiger partial charge is 0.197 e. The van der Waals surface area contributed by atoms with E-state index in [4.69, 9.17) is 16.9 Å². The summed E-state index contributed by atoms with van der Waals surface area (Å²) in [5.74, 6) is -0.0989. The second-order valence-electron chi connectivity index (χ2n) is 4.06. The maximum Gasteiger partial charge on any atom is 0.197 e. The number of sulfone groups is 1. The second kappa shape index (κ2) is 3.47. The van der Waals surface area contributed by atoms with E-state index in [9.17, 15) is 8.42 Å². The van der Waals surface area contributed by atoms with E-state index >= 15 is 0 Å². The first-order valence-corrected chi connectivity index (χ1v) is 6.71. The molecule has 1 aromatic rings. The van der Waals surface area contributed by atoms with Crippen LogP contribution in [0.1, 0.15) is 13.3 Å². The number of nitriles is 1. The van der Waals surface area contributed by atoms with Crippen molar-refractivity contribution in [3.05, 3.63) is 29.3 Å². The van der Waals surface area contributed by atoms with E-state index in [1.807, 2.05) is 6.07 Å². The summed E-state index contributed by atoms with van der Waals surface area (Å²) < 4.78 is 23.2. The van der Waals surface area contributed by atoms with Crippen molar-refractivity contribution in [2.45, 2.75) is 23.0 Å². The maximum absolute atomic E-state index is 12.2. The van der Waals surface area contributed by atoms with E-state index in [0.29, 0.717) is 11.4 Å². The highest BCUT2D eigenvalue weighted by atomic mass is 35.5. The van der Waals surface area contributed by atoms with Gasteiger partial charge < -0.3 is 0 Å². The third kappa shape index (κ3) is 1.43. The Hall–Kier alpha value is -1.05. The summed E-state index contributed by atoms with van der Waals surface area (Å²) >= 11 is 5.69. The Morgan fingerprint density at radius 1 is 1.44 bits per heavy atom. The van der Waals surface area contributed by atoms with Crippen molar-refractivity contribution >= 4 is 21.4 Å². The minimum Gasteiger partial charge on any atom is -0.222 e. The fourth-order valence-electron chi connectivity index (χ4n) is 1.81. The number of rotatable bonds is 2. The lowest BCUT2D eigenvalue weighted by atomic mass is 10.4. The lowest BCUT2D eigenvalue weighted by Crippen LogP contribution is -2.23. The molecule has 84 valence electrons. The summed E-state index contributed by atoms with van der Waals surface area (Å²) in [4.78, 5) is 0.169. The average molecular weight is 256 g/mol. The highest BCUT2D eigenvalue weighted by molar-refractivity contribution is 7.93. The molecule has 0 N–H and O–H groups in total. The van der Waals surface area contributed by atoms with Crippen molar-refractivity contribution in [2.75, 3.05) is 0 Å². The van der Waals surface area contributed by atoms with Gasteiger partial charge in [-0.15, -0.1) is 0 Å². The van der Waals surface area contributed by atoms with E-state index in [2.05, 4.69) is 0 Å². The molecule has 0 heterocycles. The molecule has 5 heteroatoms. The topological polar surface area (TPSA) is 57.9 Å². The van der Waals surface area contributed by atoms with Crippen LogP contribution in [0.2, 0.25) is 5.02 Å². The van der Waals surface area contributed by atoms with Crippen molar-refractivity contribution in [3.63, 3.8) is 0 Å². The molecule has 2 rings (SSSR count). The molecule has 0 amide bonds. The van der Waals surface area contributed by atoms with E-state index < -0.39 is 14.6 Å². The van der Waals surface area contributed by atoms with Crippen LogP contribution in [0.4, 0.5) is 0 Å². The van der Waals surface area contributed by atoms with Gasteiger partial charge in [-0.1, -0.05) is 18.5 Å². The second-order valence-corrected chi connectivity index (χ2v) is 6.71. The first-order valence-electron chi connectivity index (χ1n) is 4.85. The molecular formula is C11H10ClNO2S. The molecule has 1 aromatic carbocycles. The van der Waals surface area contributed by atoms with Gasteiger partial charge in [-0.3, -0.25) is 0 Å². The van der Waals surface area contributed by atoms with Crippen LogP contribution in [0.3, 0.4) is 0 Å². The predicted molar refractivity (Wildman–Crippen MR) is 60.8 cm³/mol. The third-order valence-corrected chi connectivity index (χ3v) is 5.80. The molecule has 0 saturated heterocycles. The van der Waals surface area contributed by atoms with Gasteiger partial charge in [0.15, 0.2) is 14.6 Å². The van der Waals surface area contributed by atoms with Gasteiger partial charge in [0.2, 0.25) is 0 Å². The highest BCUT2D eigenvalue weighted by Gasteiger charge is 2.62. The molecule has 0 aliphatic heterocycles. The van der Waals surface area contributed by atoms with Crippen molar-refractivity contribution in [2.24, 2.45) is 5.92 Å². The predicted octanol–water partition coefficient (Wildman–Crippen LogP) is 2.42. The molecule has 0 spiro atoms. The van der Waals surface area contributed by atoms with E-state index in [-0.39, 0.29) is 10.8 Å². The Kier molecular flexibility index (Phi) is 2.48. The molecule has 2 atom stereocenters. The number of benzene rings is 1. The third-order valence-electron chi connectivity index (χ3n) is 3.04. The number of hydrogen-bond acceptors (Lipinski definition) is 3. The van der Waals surface area contributed by atoms with Gasteiger partial charge in [0.1, 0.15) is 0 Å². The van der Waals surface area contributed by atoms with Crippen LogP contribution >= 0.6 is 11.6 Å². The normalized spacial score (nSPS) is 28.4. The monoisotopic (exact) mass is 255 g/mol. The summed E-state index contributed by atoms with van der Waals surface area (Å²) in [6.07, 6.45) is 0.411. The van der Waals surface area contributed by atoms with E-state index in [1.165, 1.54) is 24.3 Å². The highest BCUT2D eigenvalue weighted by Crippen LogP contribution is 2.51. The SMILES string of the molecule is CC1CC1(C#N)S(=O)(=O)c1ccc(Cl)cc1. The minimum absolute atomic E-state index is 0.0989. The molecule has 16 heavy (non-hydrogen) atoms. The molecule has 2 unspecified atom stereocenters. The molecule has 0 radical (unpaired) electrons. The van der Waals surface area contributed by atoms with Crippen molar-refractivity contribution < 1.29 is 8.42 Å². The molecule has 0 bridgehead atoms. The molecular weight excluding hydrogens is 246 g/mol. The first-order chi connectivity index (χ1) is 7.44. The molecule has 3 nitrogen and oxygen atoms in total. The zero-order valence-electron chi connectivity index (χ0n) is 8.64. The van der Waals surface area contributed by atoms with Crippen LogP contribution in [0.25, 0.3) is 0 Å². The Balaban J connectivity index is 2.49. The minimum atomic E-state index is -3.56. The fraction of sp³-hybridized carbons (Fsp3) is 0.364. The largest absolute Gasteiger partial charge is 0.222 e. The van der Waals surface area contributed by atoms with Gasteiger partial charge in [-0.2, -0.15) is 5.26 Å². The summed E-state index contributed by atoms with van der Waals surface area (Å²) in [6, 6.07) is 7.87. The number of halogens is 1. The van der Waals surface area contributed by atoms with Gasteiger partial charge >= 0.3 is 0 Å². The Morgan fingerprint density at radius 2 is 1.94 bits per heavy atom. The standard InChI is InChI=1S/C11H10ClNO2S/c1-8-6-11(8,7-13)16(14,15)10-4-2-9(12)3-5-10/h2-5,8H,6H2,1H3. The van der Waals surface area contributed by atoms with E-state index in [1.54, 1.807) is 6.92 Å². The van der Waals surface area contributed by atoms with Crippen LogP contribution in [-0.4, -0.2) is 13.2 Å². The maximum atomic E-state index is 12.2. The van der Waals surface area contributed by atoms with Crippen molar-refractivity contribution in [3.8, 4) is 6.07 Å². The lowest BCUT2D eigenvalue weighted by molar-refractivity contribution is 0.584. The molecule has 0 aromatic heterocycles. The van der Waals surface area contributed by atoms with Crippen LogP contribution in [0, 0.1) is 17.2 Å². The van der Waals surface area contributed by atoms with Crippen LogP contribution in [-0.2, 0) is 9.84 Å². The first kappa shape index (κ1) is 11.4. The van der Waals surface area contributed by atoms with Gasteiger partial charge in [0.25, 0.3) is 0 Å². The molecule has 1 fully saturated rings. The fourth-order valence-corrected chi connectivity index (χ4v) is 3.97. The zero-order chi connectivity index (χ0) is 12.0. The summed E-state index contributed by atoms with van der Waals surface area (Å²) in [7, 11) is -3.56.